The summed E-state index contributed by atoms with van der Waals surface area (Å²) in [5.41, 5.74) is 0. The second kappa shape index (κ2) is 7.09. The minimum absolute atomic E-state index is 0.0380. The molecule has 110 valence electrons. The summed E-state index contributed by atoms with van der Waals surface area (Å²) in [5, 5.41) is 11.7. The van der Waals surface area contributed by atoms with Crippen LogP contribution in [0.1, 0.15) is 12.8 Å². The average Bonchev–Trinajstić information content (AvgIpc) is 3.25. The van der Waals surface area contributed by atoms with E-state index in [2.05, 4.69) is 5.32 Å². The lowest BCUT2D eigenvalue weighted by Gasteiger charge is -2.21. The maximum absolute atomic E-state index is 12.9. The van der Waals surface area contributed by atoms with E-state index in [4.69, 9.17) is 9.84 Å². The van der Waals surface area contributed by atoms with Gasteiger partial charge in [-0.25, -0.2) is 9.18 Å². The molecule has 0 saturated heterocycles. The van der Waals surface area contributed by atoms with Crippen LogP contribution < -0.4 is 10.1 Å². The second-order valence-corrected chi connectivity index (χ2v) is 4.69. The zero-order valence-electron chi connectivity index (χ0n) is 11.2. The lowest BCUT2D eigenvalue weighted by atomic mass is 10.3. The van der Waals surface area contributed by atoms with E-state index in [0.29, 0.717) is 18.8 Å². The molecule has 0 bridgehead atoms. The molecule has 0 heterocycles. The van der Waals surface area contributed by atoms with E-state index >= 15 is 0 Å². The van der Waals surface area contributed by atoms with Crippen LogP contribution in [0.3, 0.4) is 0 Å². The quantitative estimate of drug-likeness (QED) is 0.743. The van der Waals surface area contributed by atoms with Crippen LogP contribution in [0.4, 0.5) is 9.18 Å². The molecule has 1 aliphatic carbocycles. The average molecular weight is 282 g/mol. The molecular formula is C14H19FN2O3. The van der Waals surface area contributed by atoms with Crippen LogP contribution in [0.2, 0.25) is 0 Å². The number of hydrogen-bond acceptors (Lipinski definition) is 3. The fraction of sp³-hybridized carbons (Fsp3) is 0.500. The number of aliphatic hydroxyl groups excluding tert-OH is 1. The number of halogens is 1. The first-order chi connectivity index (χ1) is 9.70. The highest BCUT2D eigenvalue weighted by Crippen LogP contribution is 2.26. The van der Waals surface area contributed by atoms with Gasteiger partial charge in [0, 0.05) is 18.7 Å². The van der Waals surface area contributed by atoms with Crippen LogP contribution in [0.15, 0.2) is 24.3 Å². The van der Waals surface area contributed by atoms with Crippen LogP contribution in [-0.4, -0.2) is 48.4 Å². The molecule has 0 atom stereocenters. The van der Waals surface area contributed by atoms with Crippen molar-refractivity contribution in [3.63, 3.8) is 0 Å². The van der Waals surface area contributed by atoms with E-state index in [1.54, 1.807) is 17.0 Å². The Bertz CT molecular complexity index is 452. The fourth-order valence-electron chi connectivity index (χ4n) is 1.93. The van der Waals surface area contributed by atoms with Crippen molar-refractivity contribution in [3.05, 3.63) is 30.1 Å². The van der Waals surface area contributed by atoms with Crippen molar-refractivity contribution < 1.29 is 19.0 Å². The highest BCUT2D eigenvalue weighted by molar-refractivity contribution is 5.74. The molecule has 2 amide bonds. The Kier molecular flexibility index (Phi) is 5.17. The van der Waals surface area contributed by atoms with E-state index in [1.165, 1.54) is 12.1 Å². The van der Waals surface area contributed by atoms with Crippen LogP contribution in [0.5, 0.6) is 5.75 Å². The summed E-state index contributed by atoms with van der Waals surface area (Å²) in [6, 6.07) is 5.93. The van der Waals surface area contributed by atoms with Crippen molar-refractivity contribution in [2.45, 2.75) is 18.9 Å². The third kappa shape index (κ3) is 4.38. The van der Waals surface area contributed by atoms with Crippen LogP contribution in [0, 0.1) is 5.82 Å². The standard InChI is InChI=1S/C14H19FN2O3/c15-11-2-1-3-13(10-11)20-9-6-16-14(19)17(7-8-18)12-4-5-12/h1-3,10,12,18H,4-9H2,(H,16,19). The van der Waals surface area contributed by atoms with Gasteiger partial charge in [0.1, 0.15) is 18.2 Å². The van der Waals surface area contributed by atoms with Gasteiger partial charge >= 0.3 is 6.03 Å². The van der Waals surface area contributed by atoms with E-state index < -0.39 is 0 Å². The Hall–Kier alpha value is -1.82. The number of hydrogen-bond donors (Lipinski definition) is 2. The SMILES string of the molecule is O=C(NCCOc1cccc(F)c1)N(CCO)C1CC1. The second-order valence-electron chi connectivity index (χ2n) is 4.69. The summed E-state index contributed by atoms with van der Waals surface area (Å²) in [5.74, 6) is 0.0862. The number of ether oxygens (including phenoxy) is 1. The van der Waals surface area contributed by atoms with Gasteiger partial charge in [-0.1, -0.05) is 6.07 Å². The molecule has 0 radical (unpaired) electrons. The van der Waals surface area contributed by atoms with E-state index in [1.807, 2.05) is 0 Å². The van der Waals surface area contributed by atoms with E-state index in [9.17, 15) is 9.18 Å². The Labute approximate surface area is 117 Å². The summed E-state index contributed by atoms with van der Waals surface area (Å²) in [6.07, 6.45) is 1.99. The number of benzene rings is 1. The van der Waals surface area contributed by atoms with Gasteiger partial charge in [0.2, 0.25) is 0 Å². The summed E-state index contributed by atoms with van der Waals surface area (Å²) < 4.78 is 18.2. The first-order valence-electron chi connectivity index (χ1n) is 6.74. The number of aliphatic hydroxyl groups is 1. The summed E-state index contributed by atoms with van der Waals surface area (Å²) >= 11 is 0. The number of urea groups is 1. The molecule has 1 fully saturated rings. The molecule has 6 heteroatoms. The van der Waals surface area contributed by atoms with Crippen molar-refractivity contribution >= 4 is 6.03 Å². The van der Waals surface area contributed by atoms with Crippen LogP contribution in [-0.2, 0) is 0 Å². The first-order valence-corrected chi connectivity index (χ1v) is 6.74. The minimum Gasteiger partial charge on any atom is -0.492 e. The van der Waals surface area contributed by atoms with Gasteiger partial charge < -0.3 is 20.1 Å². The zero-order chi connectivity index (χ0) is 14.4. The van der Waals surface area contributed by atoms with Crippen molar-refractivity contribution in [3.8, 4) is 5.75 Å². The van der Waals surface area contributed by atoms with Crippen molar-refractivity contribution in [2.24, 2.45) is 0 Å². The smallest absolute Gasteiger partial charge is 0.317 e. The zero-order valence-corrected chi connectivity index (χ0v) is 11.2. The molecule has 0 unspecified atom stereocenters. The van der Waals surface area contributed by atoms with Crippen molar-refractivity contribution in [2.75, 3.05) is 26.3 Å². The van der Waals surface area contributed by atoms with Gasteiger partial charge in [-0.05, 0) is 25.0 Å². The van der Waals surface area contributed by atoms with Crippen LogP contribution in [0.25, 0.3) is 0 Å². The predicted molar refractivity (Wildman–Crippen MR) is 72.1 cm³/mol. The van der Waals surface area contributed by atoms with E-state index in [0.717, 1.165) is 12.8 Å². The van der Waals surface area contributed by atoms with Gasteiger partial charge in [-0.3, -0.25) is 0 Å². The third-order valence-corrected chi connectivity index (χ3v) is 3.03. The Morgan fingerprint density at radius 1 is 1.50 bits per heavy atom. The summed E-state index contributed by atoms with van der Waals surface area (Å²) in [4.78, 5) is 13.5. The Morgan fingerprint density at radius 2 is 2.30 bits per heavy atom. The molecule has 1 aromatic rings. The summed E-state index contributed by atoms with van der Waals surface area (Å²) in [6.45, 7) is 0.918. The first kappa shape index (κ1) is 14.6. The molecular weight excluding hydrogens is 263 g/mol. The van der Waals surface area contributed by atoms with Crippen molar-refractivity contribution in [1.82, 2.24) is 10.2 Å². The maximum Gasteiger partial charge on any atom is 0.317 e. The van der Waals surface area contributed by atoms with Crippen molar-refractivity contribution in [1.29, 1.82) is 0 Å². The normalized spacial score (nSPS) is 13.9. The fourth-order valence-corrected chi connectivity index (χ4v) is 1.93. The molecule has 5 nitrogen and oxygen atoms in total. The van der Waals surface area contributed by atoms with Gasteiger partial charge in [-0.15, -0.1) is 0 Å². The lowest BCUT2D eigenvalue weighted by molar-refractivity contribution is 0.171. The summed E-state index contributed by atoms with van der Waals surface area (Å²) in [7, 11) is 0. The number of rotatable bonds is 7. The molecule has 2 rings (SSSR count). The molecule has 1 aromatic carbocycles. The molecule has 2 N–H and O–H groups in total. The number of carbonyl (C=O) groups is 1. The molecule has 0 aromatic heterocycles. The van der Waals surface area contributed by atoms with Crippen LogP contribution >= 0.6 is 0 Å². The number of carbonyl (C=O) groups excluding carboxylic acids is 1. The molecule has 1 saturated carbocycles. The number of nitrogens with one attached hydrogen (secondary N) is 1. The third-order valence-electron chi connectivity index (χ3n) is 3.03. The van der Waals surface area contributed by atoms with Gasteiger partial charge in [0.15, 0.2) is 0 Å². The van der Waals surface area contributed by atoms with Gasteiger partial charge in [-0.2, -0.15) is 0 Å². The number of nitrogens with zero attached hydrogens (tertiary/aromatic N) is 1. The van der Waals surface area contributed by atoms with Gasteiger partial charge in [0.05, 0.1) is 13.2 Å². The largest absolute Gasteiger partial charge is 0.492 e. The number of amides is 2. The highest BCUT2D eigenvalue weighted by atomic mass is 19.1. The maximum atomic E-state index is 12.9. The molecule has 20 heavy (non-hydrogen) atoms. The predicted octanol–water partition coefficient (Wildman–Crippen LogP) is 1.37. The lowest BCUT2D eigenvalue weighted by Crippen LogP contribution is -2.44. The Morgan fingerprint density at radius 3 is 2.95 bits per heavy atom. The molecule has 0 spiro atoms. The Balaban J connectivity index is 1.68. The topological polar surface area (TPSA) is 61.8 Å². The molecule has 1 aliphatic rings. The minimum atomic E-state index is -0.352. The molecule has 0 aliphatic heterocycles. The monoisotopic (exact) mass is 282 g/mol. The highest BCUT2D eigenvalue weighted by Gasteiger charge is 2.31. The van der Waals surface area contributed by atoms with Gasteiger partial charge in [0.25, 0.3) is 0 Å². The van der Waals surface area contributed by atoms with E-state index in [-0.39, 0.29) is 31.1 Å².